The number of piperazine rings is 1. The van der Waals surface area contributed by atoms with Gasteiger partial charge in [-0.1, -0.05) is 29.8 Å². The fourth-order valence-electron chi connectivity index (χ4n) is 1.99. The van der Waals surface area contributed by atoms with Crippen molar-refractivity contribution < 1.29 is 4.79 Å². The third-order valence-corrected chi connectivity index (χ3v) is 3.07. The number of nitrogens with zero attached hydrogens (tertiary/aromatic N) is 1. The Morgan fingerprint density at radius 1 is 1.38 bits per heavy atom. The van der Waals surface area contributed by atoms with Gasteiger partial charge in [-0.15, -0.1) is 0 Å². The Hall–Kier alpha value is -1.35. The fraction of sp³-hybridized carbons (Fsp3) is 0.462. The molecule has 1 saturated heterocycles. The predicted molar refractivity (Wildman–Crippen MR) is 64.3 cm³/mol. The van der Waals surface area contributed by atoms with E-state index in [0.29, 0.717) is 0 Å². The molecule has 1 fully saturated rings. The van der Waals surface area contributed by atoms with Crippen molar-refractivity contribution in [2.45, 2.75) is 19.4 Å². The number of hydrogen-bond acceptors (Lipinski definition) is 2. The van der Waals surface area contributed by atoms with Crippen molar-refractivity contribution in [3.05, 3.63) is 35.4 Å². The Bertz CT molecular complexity index is 372. The summed E-state index contributed by atoms with van der Waals surface area (Å²) in [6.45, 7) is 3.77. The smallest absolute Gasteiger partial charge is 0.239 e. The highest BCUT2D eigenvalue weighted by Crippen LogP contribution is 2.09. The monoisotopic (exact) mass is 218 g/mol. The zero-order chi connectivity index (χ0) is 11.5. The maximum absolute atomic E-state index is 11.9. The van der Waals surface area contributed by atoms with Crippen LogP contribution >= 0.6 is 0 Å². The number of amides is 1. The first kappa shape index (κ1) is 11.1. The molecule has 1 amide bonds. The second-order valence-corrected chi connectivity index (χ2v) is 4.46. The van der Waals surface area contributed by atoms with E-state index in [2.05, 4.69) is 36.5 Å². The van der Waals surface area contributed by atoms with Gasteiger partial charge in [-0.05, 0) is 18.9 Å². The molecule has 0 spiro atoms. The molecule has 0 bridgehead atoms. The zero-order valence-corrected chi connectivity index (χ0v) is 9.86. The lowest BCUT2D eigenvalue weighted by Crippen LogP contribution is -2.54. The topological polar surface area (TPSA) is 32.3 Å². The fourth-order valence-corrected chi connectivity index (χ4v) is 1.99. The Balaban J connectivity index is 2.03. The van der Waals surface area contributed by atoms with Gasteiger partial charge in [0.25, 0.3) is 0 Å². The van der Waals surface area contributed by atoms with E-state index in [9.17, 15) is 4.79 Å². The van der Waals surface area contributed by atoms with Gasteiger partial charge in [0.05, 0.1) is 6.04 Å². The molecule has 3 nitrogen and oxygen atoms in total. The van der Waals surface area contributed by atoms with E-state index in [4.69, 9.17) is 0 Å². The van der Waals surface area contributed by atoms with Crippen LogP contribution in [0, 0.1) is 6.92 Å². The quantitative estimate of drug-likeness (QED) is 0.802. The van der Waals surface area contributed by atoms with Gasteiger partial charge >= 0.3 is 0 Å². The van der Waals surface area contributed by atoms with E-state index >= 15 is 0 Å². The number of carbonyl (C=O) groups is 1. The van der Waals surface area contributed by atoms with E-state index in [1.54, 1.807) is 4.90 Å². The van der Waals surface area contributed by atoms with E-state index in [-0.39, 0.29) is 11.9 Å². The van der Waals surface area contributed by atoms with E-state index in [0.717, 1.165) is 19.5 Å². The number of carbonyl (C=O) groups excluding carboxylic acids is 1. The van der Waals surface area contributed by atoms with Gasteiger partial charge in [0.1, 0.15) is 0 Å². The molecular formula is C13H18N2O. The Morgan fingerprint density at radius 3 is 2.75 bits per heavy atom. The lowest BCUT2D eigenvalue weighted by atomic mass is 10.0. The molecule has 1 heterocycles. The molecule has 0 aliphatic carbocycles. The Labute approximate surface area is 96.5 Å². The molecule has 1 aromatic carbocycles. The van der Waals surface area contributed by atoms with Gasteiger partial charge < -0.3 is 10.2 Å². The molecule has 1 aromatic rings. The largest absolute Gasteiger partial charge is 0.343 e. The first-order valence-corrected chi connectivity index (χ1v) is 5.71. The summed E-state index contributed by atoms with van der Waals surface area (Å²) < 4.78 is 0. The minimum absolute atomic E-state index is 0.0542. The molecule has 1 N–H and O–H groups in total. The molecule has 1 aliphatic rings. The summed E-state index contributed by atoms with van der Waals surface area (Å²) in [6.07, 6.45) is 0.781. The van der Waals surface area contributed by atoms with Crippen LogP contribution in [0.15, 0.2) is 24.3 Å². The van der Waals surface area contributed by atoms with Crippen LogP contribution < -0.4 is 5.32 Å². The van der Waals surface area contributed by atoms with Crippen LogP contribution in [0.3, 0.4) is 0 Å². The summed E-state index contributed by atoms with van der Waals surface area (Å²) >= 11 is 0. The standard InChI is InChI=1S/C13H18N2O/c1-10-3-5-11(6-4-10)9-12-13(16)15(2)8-7-14-12/h3-6,12,14H,7-9H2,1-2H3. The lowest BCUT2D eigenvalue weighted by molar-refractivity contribution is -0.134. The molecule has 0 aromatic heterocycles. The van der Waals surface area contributed by atoms with Crippen LogP contribution in [0.4, 0.5) is 0 Å². The van der Waals surface area contributed by atoms with Gasteiger partial charge in [0.15, 0.2) is 0 Å². The summed E-state index contributed by atoms with van der Waals surface area (Å²) in [6, 6.07) is 8.32. The van der Waals surface area contributed by atoms with E-state index in [1.165, 1.54) is 11.1 Å². The maximum Gasteiger partial charge on any atom is 0.239 e. The number of nitrogens with one attached hydrogen (secondary N) is 1. The van der Waals surface area contributed by atoms with Crippen molar-refractivity contribution in [2.24, 2.45) is 0 Å². The van der Waals surface area contributed by atoms with Crippen molar-refractivity contribution in [2.75, 3.05) is 20.1 Å². The summed E-state index contributed by atoms with van der Waals surface area (Å²) in [5.41, 5.74) is 2.47. The molecule has 0 radical (unpaired) electrons. The number of benzene rings is 1. The van der Waals surface area contributed by atoms with Gasteiger partial charge in [-0.2, -0.15) is 0 Å². The molecule has 3 heteroatoms. The van der Waals surface area contributed by atoms with Crippen molar-refractivity contribution in [3.8, 4) is 0 Å². The van der Waals surface area contributed by atoms with Gasteiger partial charge in [-0.25, -0.2) is 0 Å². The average molecular weight is 218 g/mol. The van der Waals surface area contributed by atoms with Crippen molar-refractivity contribution in [1.29, 1.82) is 0 Å². The van der Waals surface area contributed by atoms with Crippen molar-refractivity contribution in [1.82, 2.24) is 10.2 Å². The summed E-state index contributed by atoms with van der Waals surface area (Å²) in [5.74, 6) is 0.201. The van der Waals surface area contributed by atoms with Crippen LogP contribution in [0.2, 0.25) is 0 Å². The van der Waals surface area contributed by atoms with Gasteiger partial charge in [0.2, 0.25) is 5.91 Å². The highest BCUT2D eigenvalue weighted by molar-refractivity contribution is 5.82. The maximum atomic E-state index is 11.9. The van der Waals surface area contributed by atoms with Crippen molar-refractivity contribution >= 4 is 5.91 Å². The Kier molecular flexibility index (Phi) is 3.25. The first-order chi connectivity index (χ1) is 7.66. The summed E-state index contributed by atoms with van der Waals surface area (Å²) in [5, 5.41) is 3.27. The zero-order valence-electron chi connectivity index (χ0n) is 9.86. The van der Waals surface area contributed by atoms with E-state index < -0.39 is 0 Å². The van der Waals surface area contributed by atoms with Crippen LogP contribution in [0.5, 0.6) is 0 Å². The number of likely N-dealkylation sites (N-methyl/N-ethyl adjacent to an activating group) is 1. The highest BCUT2D eigenvalue weighted by Gasteiger charge is 2.25. The molecule has 1 atom stereocenters. The second-order valence-electron chi connectivity index (χ2n) is 4.46. The number of aryl methyl sites for hydroxylation is 1. The molecule has 2 rings (SSSR count). The highest BCUT2D eigenvalue weighted by atomic mass is 16.2. The normalized spacial score (nSPS) is 21.2. The van der Waals surface area contributed by atoms with Gasteiger partial charge in [0, 0.05) is 20.1 Å². The molecule has 0 saturated carbocycles. The minimum Gasteiger partial charge on any atom is -0.343 e. The van der Waals surface area contributed by atoms with Crippen LogP contribution in [0.25, 0.3) is 0 Å². The molecular weight excluding hydrogens is 200 g/mol. The molecule has 86 valence electrons. The summed E-state index contributed by atoms with van der Waals surface area (Å²) in [7, 11) is 1.87. The Morgan fingerprint density at radius 2 is 2.06 bits per heavy atom. The SMILES string of the molecule is Cc1ccc(CC2NCCN(C)C2=O)cc1. The lowest BCUT2D eigenvalue weighted by Gasteiger charge is -2.30. The van der Waals surface area contributed by atoms with Gasteiger partial charge in [-0.3, -0.25) is 4.79 Å². The third-order valence-electron chi connectivity index (χ3n) is 3.07. The van der Waals surface area contributed by atoms with Crippen LogP contribution in [0.1, 0.15) is 11.1 Å². The first-order valence-electron chi connectivity index (χ1n) is 5.71. The molecule has 1 unspecified atom stereocenters. The minimum atomic E-state index is -0.0542. The molecule has 16 heavy (non-hydrogen) atoms. The third kappa shape index (κ3) is 2.42. The van der Waals surface area contributed by atoms with Crippen molar-refractivity contribution in [3.63, 3.8) is 0 Å². The number of rotatable bonds is 2. The summed E-state index contributed by atoms with van der Waals surface area (Å²) in [4.78, 5) is 13.7. The van der Waals surface area contributed by atoms with Crippen LogP contribution in [-0.4, -0.2) is 37.0 Å². The number of hydrogen-bond donors (Lipinski definition) is 1. The predicted octanol–water partition coefficient (Wildman–Crippen LogP) is 0.968. The average Bonchev–Trinajstić information content (AvgIpc) is 2.28. The second kappa shape index (κ2) is 4.66. The van der Waals surface area contributed by atoms with Crippen LogP contribution in [-0.2, 0) is 11.2 Å². The molecule has 1 aliphatic heterocycles. The van der Waals surface area contributed by atoms with E-state index in [1.807, 2.05) is 7.05 Å².